The van der Waals surface area contributed by atoms with Crippen molar-refractivity contribution in [3.63, 3.8) is 0 Å². The van der Waals surface area contributed by atoms with Crippen molar-refractivity contribution in [2.24, 2.45) is 5.73 Å². The highest BCUT2D eigenvalue weighted by Gasteiger charge is 2.21. The van der Waals surface area contributed by atoms with Crippen LogP contribution in [0, 0.1) is 6.92 Å². The van der Waals surface area contributed by atoms with E-state index in [9.17, 15) is 19.5 Å². The summed E-state index contributed by atoms with van der Waals surface area (Å²) in [6.07, 6.45) is 2.85. The second-order valence-electron chi connectivity index (χ2n) is 7.27. The van der Waals surface area contributed by atoms with Crippen LogP contribution in [0.2, 0.25) is 5.02 Å². The number of rotatable bonds is 5. The Morgan fingerprint density at radius 1 is 1.09 bits per heavy atom. The number of carbonyl (C=O) groups excluding carboxylic acids is 2. The Labute approximate surface area is 200 Å². The Balaban J connectivity index is 0.000000302. The van der Waals surface area contributed by atoms with Gasteiger partial charge in [-0.3, -0.25) is 23.9 Å². The number of carbonyl (C=O) groups is 3. The number of nitrogens with two attached hydrogens (primary N) is 1. The third-order valence-electron chi connectivity index (χ3n) is 5.11. The highest BCUT2D eigenvalue weighted by atomic mass is 35.5. The first-order valence-electron chi connectivity index (χ1n) is 10.1. The van der Waals surface area contributed by atoms with Gasteiger partial charge in [0.05, 0.1) is 24.6 Å². The molecule has 2 aromatic heterocycles. The summed E-state index contributed by atoms with van der Waals surface area (Å²) in [5, 5.41) is 10.5. The van der Waals surface area contributed by atoms with Gasteiger partial charge in [0, 0.05) is 34.1 Å². The molecule has 0 radical (unpaired) electrons. The fourth-order valence-electron chi connectivity index (χ4n) is 3.46. The van der Waals surface area contributed by atoms with Crippen molar-refractivity contribution in [1.82, 2.24) is 9.55 Å². The SMILES string of the molecule is COc1ccc2c(c1)c(CC(=O)O)c(C)n2C(=O)c1ccc(Cl)cc1.NC(=O)c1cccnc1. The van der Waals surface area contributed by atoms with Crippen molar-refractivity contribution in [2.75, 3.05) is 7.11 Å². The number of fused-ring (bicyclic) bond motifs is 1. The molecule has 0 bridgehead atoms. The van der Waals surface area contributed by atoms with Crippen LogP contribution in [0.25, 0.3) is 10.9 Å². The number of carboxylic acid groups (broad SMARTS) is 1. The Morgan fingerprint density at radius 2 is 1.79 bits per heavy atom. The first-order valence-corrected chi connectivity index (χ1v) is 10.5. The zero-order valence-electron chi connectivity index (χ0n) is 18.5. The Bertz CT molecular complexity index is 1350. The molecule has 34 heavy (non-hydrogen) atoms. The summed E-state index contributed by atoms with van der Waals surface area (Å²) in [4.78, 5) is 38.3. The van der Waals surface area contributed by atoms with E-state index >= 15 is 0 Å². The molecule has 0 spiro atoms. The van der Waals surface area contributed by atoms with Crippen molar-refractivity contribution in [3.05, 3.63) is 94.4 Å². The molecule has 0 atom stereocenters. The van der Waals surface area contributed by atoms with Crippen LogP contribution in [0.15, 0.2) is 67.0 Å². The molecule has 0 aliphatic heterocycles. The number of methoxy groups -OCH3 is 1. The van der Waals surface area contributed by atoms with E-state index in [2.05, 4.69) is 4.98 Å². The fraction of sp³-hybridized carbons (Fsp3) is 0.120. The summed E-state index contributed by atoms with van der Waals surface area (Å²) in [5.41, 5.74) is 7.70. The molecule has 2 heterocycles. The highest BCUT2D eigenvalue weighted by molar-refractivity contribution is 6.30. The Kier molecular flexibility index (Phi) is 7.65. The Hall–Kier alpha value is -4.17. The lowest BCUT2D eigenvalue weighted by Gasteiger charge is -2.08. The van der Waals surface area contributed by atoms with Gasteiger partial charge in [-0.25, -0.2) is 0 Å². The van der Waals surface area contributed by atoms with Gasteiger partial charge in [0.25, 0.3) is 5.91 Å². The molecule has 9 heteroatoms. The number of nitrogens with zero attached hydrogens (tertiary/aromatic N) is 2. The van der Waals surface area contributed by atoms with Crippen molar-refractivity contribution >= 4 is 40.3 Å². The van der Waals surface area contributed by atoms with E-state index in [1.165, 1.54) is 10.8 Å². The van der Waals surface area contributed by atoms with E-state index in [0.717, 1.165) is 0 Å². The molecule has 4 rings (SSSR count). The maximum atomic E-state index is 13.0. The van der Waals surface area contributed by atoms with Gasteiger partial charge < -0.3 is 15.6 Å². The number of carboxylic acids is 1. The number of amides is 1. The molecular weight excluding hydrogens is 458 g/mol. The van der Waals surface area contributed by atoms with Crippen LogP contribution in [0.3, 0.4) is 0 Å². The van der Waals surface area contributed by atoms with E-state index in [-0.39, 0.29) is 12.3 Å². The second-order valence-corrected chi connectivity index (χ2v) is 7.71. The van der Waals surface area contributed by atoms with Crippen LogP contribution in [0.1, 0.15) is 32.0 Å². The van der Waals surface area contributed by atoms with Gasteiger partial charge in [0.1, 0.15) is 5.75 Å². The lowest BCUT2D eigenvalue weighted by Crippen LogP contribution is -2.14. The third-order valence-corrected chi connectivity index (χ3v) is 5.36. The highest BCUT2D eigenvalue weighted by Crippen LogP contribution is 2.30. The number of aromatic nitrogens is 2. The molecule has 2 aromatic carbocycles. The van der Waals surface area contributed by atoms with Gasteiger partial charge >= 0.3 is 5.97 Å². The van der Waals surface area contributed by atoms with E-state index in [0.29, 0.717) is 44.1 Å². The van der Waals surface area contributed by atoms with E-state index in [1.807, 2.05) is 0 Å². The monoisotopic (exact) mass is 479 g/mol. The van der Waals surface area contributed by atoms with E-state index in [4.69, 9.17) is 22.1 Å². The minimum Gasteiger partial charge on any atom is -0.497 e. The first kappa shape index (κ1) is 24.5. The molecular formula is C25H22ClN3O5. The predicted octanol–water partition coefficient (Wildman–Crippen LogP) is 4.11. The molecule has 8 nitrogen and oxygen atoms in total. The average Bonchev–Trinajstić information content (AvgIpc) is 3.10. The fourth-order valence-corrected chi connectivity index (χ4v) is 3.58. The quantitative estimate of drug-likeness (QED) is 0.444. The van der Waals surface area contributed by atoms with Crippen LogP contribution in [0.5, 0.6) is 5.75 Å². The molecule has 0 unspecified atom stereocenters. The van der Waals surface area contributed by atoms with Gasteiger partial charge in [-0.2, -0.15) is 0 Å². The smallest absolute Gasteiger partial charge is 0.307 e. The summed E-state index contributed by atoms with van der Waals surface area (Å²) >= 11 is 5.89. The molecule has 0 aliphatic carbocycles. The summed E-state index contributed by atoms with van der Waals surface area (Å²) < 4.78 is 6.77. The lowest BCUT2D eigenvalue weighted by atomic mass is 10.1. The van der Waals surface area contributed by atoms with Crippen molar-refractivity contribution < 1.29 is 24.2 Å². The number of primary amides is 1. The number of benzene rings is 2. The van der Waals surface area contributed by atoms with E-state index in [1.54, 1.807) is 74.8 Å². The molecule has 0 saturated carbocycles. The van der Waals surface area contributed by atoms with Crippen LogP contribution in [0.4, 0.5) is 0 Å². The number of halogens is 1. The predicted molar refractivity (Wildman–Crippen MR) is 129 cm³/mol. The largest absolute Gasteiger partial charge is 0.497 e. The third kappa shape index (κ3) is 5.41. The topological polar surface area (TPSA) is 125 Å². The minimum absolute atomic E-state index is 0.170. The number of hydrogen-bond acceptors (Lipinski definition) is 5. The molecule has 0 fully saturated rings. The number of pyridine rings is 1. The van der Waals surface area contributed by atoms with Gasteiger partial charge in [-0.15, -0.1) is 0 Å². The first-order chi connectivity index (χ1) is 16.2. The second kappa shape index (κ2) is 10.6. The van der Waals surface area contributed by atoms with Crippen molar-refractivity contribution in [2.45, 2.75) is 13.3 Å². The maximum Gasteiger partial charge on any atom is 0.307 e. The molecule has 4 aromatic rings. The standard InChI is InChI=1S/C19H16ClNO4.C6H6N2O/c1-11-15(10-18(22)23)16-9-14(25-2)7-8-17(16)21(11)19(24)12-3-5-13(20)6-4-12;7-6(9)5-2-1-3-8-4-5/h3-9H,10H2,1-2H3,(H,22,23);1-4H,(H2,7,9). The summed E-state index contributed by atoms with van der Waals surface area (Å²) in [7, 11) is 1.54. The number of hydrogen-bond donors (Lipinski definition) is 2. The van der Waals surface area contributed by atoms with Gasteiger partial charge in [0.2, 0.25) is 5.91 Å². The van der Waals surface area contributed by atoms with Crippen LogP contribution in [-0.4, -0.2) is 39.6 Å². The lowest BCUT2D eigenvalue weighted by molar-refractivity contribution is -0.136. The van der Waals surface area contributed by atoms with E-state index < -0.39 is 11.9 Å². The van der Waals surface area contributed by atoms with Crippen LogP contribution >= 0.6 is 11.6 Å². The van der Waals surface area contributed by atoms with Crippen LogP contribution in [-0.2, 0) is 11.2 Å². The molecule has 1 amide bonds. The maximum absolute atomic E-state index is 13.0. The average molecular weight is 480 g/mol. The molecule has 174 valence electrons. The minimum atomic E-state index is -0.955. The molecule has 3 N–H and O–H groups in total. The summed E-state index contributed by atoms with van der Waals surface area (Å²) in [6, 6.07) is 15.2. The molecule has 0 saturated heterocycles. The normalized spacial score (nSPS) is 10.3. The number of aliphatic carboxylic acids is 1. The zero-order valence-corrected chi connectivity index (χ0v) is 19.2. The summed E-state index contributed by atoms with van der Waals surface area (Å²) in [5.74, 6) is -1.02. The molecule has 0 aliphatic rings. The van der Waals surface area contributed by atoms with Gasteiger partial charge in [0.15, 0.2) is 0 Å². The zero-order chi connectivity index (χ0) is 24.8. The van der Waals surface area contributed by atoms with Crippen molar-refractivity contribution in [1.29, 1.82) is 0 Å². The van der Waals surface area contributed by atoms with Crippen LogP contribution < -0.4 is 10.5 Å². The van der Waals surface area contributed by atoms with Gasteiger partial charge in [-0.05, 0) is 67.1 Å². The number of ether oxygens (including phenoxy) is 1. The van der Waals surface area contributed by atoms with Gasteiger partial charge in [-0.1, -0.05) is 11.6 Å². The summed E-state index contributed by atoms with van der Waals surface area (Å²) in [6.45, 7) is 1.75. The van der Waals surface area contributed by atoms with Crippen molar-refractivity contribution in [3.8, 4) is 5.75 Å². The Morgan fingerprint density at radius 3 is 2.32 bits per heavy atom.